The predicted molar refractivity (Wildman–Crippen MR) is 111 cm³/mol. The molecule has 1 aromatic carbocycles. The summed E-state index contributed by atoms with van der Waals surface area (Å²) in [6.45, 7) is 1.81. The number of aromatic nitrogens is 1. The number of ether oxygens (including phenoxy) is 2. The second-order valence-electron chi connectivity index (χ2n) is 6.62. The molecule has 9 nitrogen and oxygen atoms in total. The van der Waals surface area contributed by atoms with Gasteiger partial charge in [-0.1, -0.05) is 24.3 Å². The van der Waals surface area contributed by atoms with Gasteiger partial charge in [0.15, 0.2) is 0 Å². The van der Waals surface area contributed by atoms with Crippen LogP contribution in [0.15, 0.2) is 48.5 Å². The summed E-state index contributed by atoms with van der Waals surface area (Å²) >= 11 is 0. The Kier molecular flexibility index (Phi) is 9.27. The molecule has 0 unspecified atom stereocenters. The number of hydrogen-bond acceptors (Lipinski definition) is 7. The molecule has 0 saturated carbocycles. The van der Waals surface area contributed by atoms with Crippen LogP contribution < -0.4 is 15.4 Å². The van der Waals surface area contributed by atoms with E-state index in [4.69, 9.17) is 9.47 Å². The van der Waals surface area contributed by atoms with Crippen LogP contribution in [0.4, 0.5) is 0 Å². The number of aryl methyl sites for hydroxylation is 1. The van der Waals surface area contributed by atoms with Gasteiger partial charge in [-0.25, -0.2) is 4.98 Å². The number of para-hydroxylation sites is 1. The second kappa shape index (κ2) is 11.9. The summed E-state index contributed by atoms with van der Waals surface area (Å²) in [5, 5.41) is 24.3. The molecular formula is C20H26BN3O6. The van der Waals surface area contributed by atoms with Gasteiger partial charge in [-0.2, -0.15) is 0 Å². The number of benzene rings is 1. The highest BCUT2D eigenvalue weighted by molar-refractivity contribution is 6.43. The van der Waals surface area contributed by atoms with Crippen molar-refractivity contribution in [3.05, 3.63) is 59.9 Å². The van der Waals surface area contributed by atoms with Crippen molar-refractivity contribution in [3.63, 3.8) is 0 Å². The fourth-order valence-corrected chi connectivity index (χ4v) is 2.65. The topological polar surface area (TPSA) is 130 Å². The zero-order valence-corrected chi connectivity index (χ0v) is 16.9. The lowest BCUT2D eigenvalue weighted by Gasteiger charge is -2.22. The van der Waals surface area contributed by atoms with Crippen LogP contribution in [-0.4, -0.2) is 66.3 Å². The second-order valence-corrected chi connectivity index (χ2v) is 6.62. The highest BCUT2D eigenvalue weighted by Crippen LogP contribution is 2.09. The van der Waals surface area contributed by atoms with Gasteiger partial charge in [0, 0.05) is 19.2 Å². The molecule has 2 rings (SSSR count). The van der Waals surface area contributed by atoms with Gasteiger partial charge in [0.1, 0.15) is 17.5 Å². The molecule has 0 aliphatic rings. The van der Waals surface area contributed by atoms with E-state index in [9.17, 15) is 19.6 Å². The molecule has 4 N–H and O–H groups in total. The van der Waals surface area contributed by atoms with Crippen LogP contribution in [0.5, 0.6) is 5.75 Å². The molecule has 10 heteroatoms. The number of nitrogens with zero attached hydrogens (tertiary/aromatic N) is 1. The minimum Gasteiger partial charge on any atom is -0.494 e. The van der Waals surface area contributed by atoms with Crippen LogP contribution in [0.1, 0.15) is 22.6 Å². The van der Waals surface area contributed by atoms with E-state index in [0.29, 0.717) is 11.4 Å². The van der Waals surface area contributed by atoms with Gasteiger partial charge in [0.25, 0.3) is 5.91 Å². The maximum Gasteiger partial charge on any atom is 0.475 e. The number of pyridine rings is 1. The molecular weight excluding hydrogens is 389 g/mol. The molecule has 30 heavy (non-hydrogen) atoms. The average Bonchev–Trinajstić information content (AvgIpc) is 2.73. The van der Waals surface area contributed by atoms with E-state index in [1.54, 1.807) is 31.2 Å². The lowest BCUT2D eigenvalue weighted by atomic mass is 9.77. The standard InChI is InChI=1S/C20H26BN3O6/c1-14-7-6-10-16(22-14)19(25)23-17(13-29-2)20(26)24-18(21(27)28)11-12-30-15-8-4-3-5-9-15/h3-10,17-18,27-28H,11-13H2,1-2H3,(H,23,25)(H,24,26)/t17-,18+/m1/s1. The summed E-state index contributed by atoms with van der Waals surface area (Å²) in [5.74, 6) is -1.51. The number of rotatable bonds is 11. The molecule has 2 aromatic rings. The quantitative estimate of drug-likeness (QED) is 0.383. The molecule has 2 atom stereocenters. The van der Waals surface area contributed by atoms with Gasteiger partial charge < -0.3 is 30.2 Å². The lowest BCUT2D eigenvalue weighted by Crippen LogP contribution is -2.55. The maximum atomic E-state index is 12.6. The molecule has 160 valence electrons. The molecule has 1 aromatic heterocycles. The van der Waals surface area contributed by atoms with Crippen LogP contribution in [0.25, 0.3) is 0 Å². The number of carbonyl (C=O) groups is 2. The number of methoxy groups -OCH3 is 1. The van der Waals surface area contributed by atoms with Gasteiger partial charge in [0.05, 0.1) is 19.2 Å². The van der Waals surface area contributed by atoms with E-state index in [-0.39, 0.29) is 25.3 Å². The van der Waals surface area contributed by atoms with Crippen LogP contribution in [0, 0.1) is 6.92 Å². The predicted octanol–water partition coefficient (Wildman–Crippen LogP) is 0.101. The van der Waals surface area contributed by atoms with E-state index in [1.807, 2.05) is 18.2 Å². The molecule has 0 spiro atoms. The Hall–Kier alpha value is -2.95. The third-order valence-electron chi connectivity index (χ3n) is 4.20. The number of carbonyl (C=O) groups excluding carboxylic acids is 2. The van der Waals surface area contributed by atoms with Crippen molar-refractivity contribution in [1.29, 1.82) is 0 Å². The Morgan fingerprint density at radius 3 is 2.47 bits per heavy atom. The number of amides is 2. The highest BCUT2D eigenvalue weighted by Gasteiger charge is 2.29. The van der Waals surface area contributed by atoms with Crippen molar-refractivity contribution in [3.8, 4) is 5.75 Å². The lowest BCUT2D eigenvalue weighted by molar-refractivity contribution is -0.124. The van der Waals surface area contributed by atoms with Crippen molar-refractivity contribution in [1.82, 2.24) is 15.6 Å². The van der Waals surface area contributed by atoms with Gasteiger partial charge in [-0.05, 0) is 31.2 Å². The first-order chi connectivity index (χ1) is 14.4. The van der Waals surface area contributed by atoms with Crippen molar-refractivity contribution in [2.75, 3.05) is 20.3 Å². The SMILES string of the molecule is COC[C@@H](NC(=O)c1cccc(C)n1)C(=O)N[C@@H](CCOc1ccccc1)B(O)O. The van der Waals surface area contributed by atoms with Gasteiger partial charge in [0.2, 0.25) is 5.91 Å². The molecule has 0 radical (unpaired) electrons. The fraction of sp³-hybridized carbons (Fsp3) is 0.350. The van der Waals surface area contributed by atoms with E-state index in [1.165, 1.54) is 13.2 Å². The fourth-order valence-electron chi connectivity index (χ4n) is 2.65. The molecule has 0 aliphatic carbocycles. The number of nitrogens with one attached hydrogen (secondary N) is 2. The Bertz CT molecular complexity index is 821. The van der Waals surface area contributed by atoms with E-state index >= 15 is 0 Å². The summed E-state index contributed by atoms with van der Waals surface area (Å²) in [7, 11) is -0.408. The van der Waals surface area contributed by atoms with E-state index < -0.39 is 30.9 Å². The zero-order valence-electron chi connectivity index (χ0n) is 16.9. The smallest absolute Gasteiger partial charge is 0.475 e. The normalized spacial score (nSPS) is 12.5. The van der Waals surface area contributed by atoms with Gasteiger partial charge in [-0.15, -0.1) is 0 Å². The van der Waals surface area contributed by atoms with Crippen LogP contribution in [-0.2, 0) is 9.53 Å². The molecule has 0 saturated heterocycles. The summed E-state index contributed by atoms with van der Waals surface area (Å²) in [6.07, 6.45) is 0.144. The van der Waals surface area contributed by atoms with Gasteiger partial charge >= 0.3 is 7.12 Å². The van der Waals surface area contributed by atoms with Crippen molar-refractivity contribution >= 4 is 18.9 Å². The average molecular weight is 415 g/mol. The summed E-state index contributed by atoms with van der Waals surface area (Å²) < 4.78 is 10.6. The molecule has 2 amide bonds. The van der Waals surface area contributed by atoms with E-state index in [2.05, 4.69) is 15.6 Å². The van der Waals surface area contributed by atoms with Crippen LogP contribution in [0.2, 0.25) is 0 Å². The van der Waals surface area contributed by atoms with Crippen LogP contribution in [0.3, 0.4) is 0 Å². The van der Waals surface area contributed by atoms with Gasteiger partial charge in [-0.3, -0.25) is 9.59 Å². The minimum absolute atomic E-state index is 0.0991. The Morgan fingerprint density at radius 2 is 1.83 bits per heavy atom. The maximum absolute atomic E-state index is 12.6. The number of hydrogen-bond donors (Lipinski definition) is 4. The Labute approximate surface area is 175 Å². The summed E-state index contributed by atoms with van der Waals surface area (Å²) in [6, 6.07) is 13.0. The molecule has 0 fully saturated rings. The van der Waals surface area contributed by atoms with Crippen LogP contribution >= 0.6 is 0 Å². The molecule has 1 heterocycles. The summed E-state index contributed by atoms with van der Waals surface area (Å²) in [4.78, 5) is 29.2. The van der Waals surface area contributed by atoms with Crippen molar-refractivity contribution in [2.24, 2.45) is 0 Å². The van der Waals surface area contributed by atoms with E-state index in [0.717, 1.165) is 0 Å². The molecule has 0 aliphatic heterocycles. The largest absolute Gasteiger partial charge is 0.494 e. The first kappa shape index (κ1) is 23.3. The third kappa shape index (κ3) is 7.47. The minimum atomic E-state index is -1.80. The van der Waals surface area contributed by atoms with Crippen molar-refractivity contribution in [2.45, 2.75) is 25.3 Å². The Balaban J connectivity index is 1.95. The molecule has 0 bridgehead atoms. The first-order valence-electron chi connectivity index (χ1n) is 9.48. The highest BCUT2D eigenvalue weighted by atomic mass is 16.5. The Morgan fingerprint density at radius 1 is 1.10 bits per heavy atom. The third-order valence-corrected chi connectivity index (χ3v) is 4.20. The first-order valence-corrected chi connectivity index (χ1v) is 9.48. The summed E-state index contributed by atoms with van der Waals surface area (Å²) in [5.41, 5.74) is 0.830. The monoisotopic (exact) mass is 415 g/mol. The van der Waals surface area contributed by atoms with Crippen molar-refractivity contribution < 1.29 is 29.1 Å². The zero-order chi connectivity index (χ0) is 21.9.